The molecule has 0 atom stereocenters. The fraction of sp³-hybridized carbons (Fsp3) is 0.208. The Balaban J connectivity index is 1.54. The fourth-order valence-electron chi connectivity index (χ4n) is 3.26. The Bertz CT molecular complexity index is 1280. The van der Waals surface area contributed by atoms with Gasteiger partial charge in [0.05, 0.1) is 19.5 Å². The first-order valence-electron chi connectivity index (χ1n) is 10.5. The summed E-state index contributed by atoms with van der Waals surface area (Å²) in [5, 5.41) is 0.666. The second-order valence-electron chi connectivity index (χ2n) is 7.03. The molecule has 0 aliphatic rings. The summed E-state index contributed by atoms with van der Waals surface area (Å²) in [5.41, 5.74) is 3.04. The predicted molar refractivity (Wildman–Crippen MR) is 133 cm³/mol. The first-order valence-corrected chi connectivity index (χ1v) is 12.2. The minimum absolute atomic E-state index is 0.0934. The summed E-state index contributed by atoms with van der Waals surface area (Å²) < 4.78 is 15.7. The number of fused-ring (bicyclic) bond motifs is 1. The van der Waals surface area contributed by atoms with Crippen LogP contribution in [-0.4, -0.2) is 52.2 Å². The van der Waals surface area contributed by atoms with Crippen molar-refractivity contribution < 1.29 is 19.1 Å². The average Bonchev–Trinajstić information content (AvgIpc) is 3.31. The Morgan fingerprint density at radius 1 is 1.06 bits per heavy atom. The summed E-state index contributed by atoms with van der Waals surface area (Å²) in [5.74, 6) is 0.172. The van der Waals surface area contributed by atoms with E-state index < -0.39 is 5.97 Å². The third-order valence-electron chi connectivity index (χ3n) is 4.88. The van der Waals surface area contributed by atoms with E-state index in [2.05, 4.69) is 14.3 Å². The van der Waals surface area contributed by atoms with Crippen LogP contribution < -0.4 is 9.64 Å². The number of rotatable bonds is 9. The highest BCUT2D eigenvalue weighted by molar-refractivity contribution is 8.00. The maximum Gasteiger partial charge on any atom is 0.326 e. The average molecular weight is 495 g/mol. The third kappa shape index (κ3) is 5.35. The molecule has 4 rings (SSSR count). The molecule has 2 heterocycles. The highest BCUT2D eigenvalue weighted by Crippen LogP contribution is 2.35. The number of anilines is 1. The molecule has 174 valence electrons. The van der Waals surface area contributed by atoms with Gasteiger partial charge in [0.15, 0.2) is 0 Å². The summed E-state index contributed by atoms with van der Waals surface area (Å²) in [6.07, 6.45) is 1.48. The number of aromatic nitrogens is 3. The van der Waals surface area contributed by atoms with Crippen molar-refractivity contribution in [2.24, 2.45) is 0 Å². The number of carbonyl (C=O) groups is 2. The quantitative estimate of drug-likeness (QED) is 0.191. The van der Waals surface area contributed by atoms with Crippen LogP contribution in [0.25, 0.3) is 21.5 Å². The molecule has 34 heavy (non-hydrogen) atoms. The van der Waals surface area contributed by atoms with Crippen molar-refractivity contribution in [2.75, 3.05) is 30.9 Å². The number of carbonyl (C=O) groups excluding carboxylic acids is 2. The summed E-state index contributed by atoms with van der Waals surface area (Å²) >= 11 is 2.58. The summed E-state index contributed by atoms with van der Waals surface area (Å²) in [7, 11) is 1.62. The Hall–Kier alpha value is -3.50. The molecule has 0 aliphatic heterocycles. The number of methoxy groups -OCH3 is 1. The van der Waals surface area contributed by atoms with Gasteiger partial charge in [0.25, 0.3) is 0 Å². The highest BCUT2D eigenvalue weighted by Gasteiger charge is 2.21. The van der Waals surface area contributed by atoms with E-state index in [1.807, 2.05) is 42.5 Å². The normalized spacial score (nSPS) is 10.8. The number of esters is 1. The standard InChI is InChI=1S/C24H22N4O4S2/c1-3-32-20(30)13-28(17-7-5-4-6-8-17)19(29)14-33-24-23-22(25-15-26-24)21(27-34-23)16-9-11-18(31-2)12-10-16/h4-12,15H,3,13-14H2,1-2H3. The molecule has 0 fully saturated rings. The van der Waals surface area contributed by atoms with E-state index in [0.717, 1.165) is 27.2 Å². The lowest BCUT2D eigenvalue weighted by Crippen LogP contribution is -2.37. The Kier molecular flexibility index (Phi) is 7.71. The number of hydrogen-bond donors (Lipinski definition) is 0. The minimum atomic E-state index is -0.458. The molecule has 1 amide bonds. The van der Waals surface area contributed by atoms with Gasteiger partial charge in [-0.25, -0.2) is 9.97 Å². The van der Waals surface area contributed by atoms with E-state index in [1.165, 1.54) is 34.5 Å². The van der Waals surface area contributed by atoms with Crippen molar-refractivity contribution in [2.45, 2.75) is 11.9 Å². The molecule has 4 aromatic rings. The fourth-order valence-corrected chi connectivity index (χ4v) is 5.05. The second kappa shape index (κ2) is 11.1. The van der Waals surface area contributed by atoms with Gasteiger partial charge < -0.3 is 14.4 Å². The van der Waals surface area contributed by atoms with Crippen molar-refractivity contribution in [1.29, 1.82) is 0 Å². The van der Waals surface area contributed by atoms with Crippen molar-refractivity contribution >= 4 is 51.1 Å². The molecule has 2 aromatic carbocycles. The van der Waals surface area contributed by atoms with E-state index in [-0.39, 0.29) is 24.8 Å². The molecular formula is C24H22N4O4S2. The maximum atomic E-state index is 13.1. The molecule has 0 aliphatic carbocycles. The van der Waals surface area contributed by atoms with E-state index in [9.17, 15) is 9.59 Å². The molecule has 2 aromatic heterocycles. The van der Waals surface area contributed by atoms with Gasteiger partial charge in [0, 0.05) is 11.3 Å². The second-order valence-corrected chi connectivity index (χ2v) is 8.76. The molecule has 0 saturated carbocycles. The van der Waals surface area contributed by atoms with Crippen LogP contribution in [-0.2, 0) is 14.3 Å². The number of benzene rings is 2. The first-order chi connectivity index (χ1) is 16.6. The third-order valence-corrected chi connectivity index (χ3v) is 6.83. The van der Waals surface area contributed by atoms with Gasteiger partial charge in [-0.2, -0.15) is 4.37 Å². The predicted octanol–water partition coefficient (Wildman–Crippen LogP) is 4.45. The molecule has 10 heteroatoms. The van der Waals surface area contributed by atoms with E-state index in [4.69, 9.17) is 9.47 Å². The molecule has 0 N–H and O–H groups in total. The molecule has 0 saturated heterocycles. The van der Waals surface area contributed by atoms with Gasteiger partial charge in [-0.05, 0) is 54.9 Å². The van der Waals surface area contributed by atoms with Crippen molar-refractivity contribution in [3.8, 4) is 17.0 Å². The van der Waals surface area contributed by atoms with Crippen LogP contribution in [0.3, 0.4) is 0 Å². The zero-order valence-electron chi connectivity index (χ0n) is 18.6. The Labute approximate surface area is 205 Å². The molecule has 0 unspecified atom stereocenters. The summed E-state index contributed by atoms with van der Waals surface area (Å²) in [6.45, 7) is 1.84. The van der Waals surface area contributed by atoms with Crippen LogP contribution >= 0.6 is 23.3 Å². The van der Waals surface area contributed by atoms with Gasteiger partial charge in [-0.3, -0.25) is 9.59 Å². The number of amides is 1. The lowest BCUT2D eigenvalue weighted by Gasteiger charge is -2.21. The van der Waals surface area contributed by atoms with Gasteiger partial charge in [0.2, 0.25) is 5.91 Å². The number of nitrogens with zero attached hydrogens (tertiary/aromatic N) is 4. The van der Waals surface area contributed by atoms with Gasteiger partial charge in [-0.15, -0.1) is 0 Å². The first kappa shape index (κ1) is 23.7. The zero-order chi connectivity index (χ0) is 23.9. The zero-order valence-corrected chi connectivity index (χ0v) is 20.3. The summed E-state index contributed by atoms with van der Waals surface area (Å²) in [6, 6.07) is 16.7. The lowest BCUT2D eigenvalue weighted by atomic mass is 10.1. The van der Waals surface area contributed by atoms with Crippen LogP contribution in [0.4, 0.5) is 5.69 Å². The maximum absolute atomic E-state index is 13.1. The van der Waals surface area contributed by atoms with Crippen LogP contribution in [0.5, 0.6) is 5.75 Å². The number of para-hydroxylation sites is 1. The lowest BCUT2D eigenvalue weighted by molar-refractivity contribution is -0.142. The van der Waals surface area contributed by atoms with Gasteiger partial charge in [0.1, 0.15) is 39.6 Å². The Morgan fingerprint density at radius 3 is 2.53 bits per heavy atom. The molecule has 8 nitrogen and oxygen atoms in total. The van der Waals surface area contributed by atoms with E-state index >= 15 is 0 Å². The topological polar surface area (TPSA) is 94.5 Å². The van der Waals surface area contributed by atoms with E-state index in [0.29, 0.717) is 10.7 Å². The van der Waals surface area contributed by atoms with Crippen molar-refractivity contribution in [3.63, 3.8) is 0 Å². The minimum Gasteiger partial charge on any atom is -0.497 e. The highest BCUT2D eigenvalue weighted by atomic mass is 32.2. The summed E-state index contributed by atoms with van der Waals surface area (Å²) in [4.78, 5) is 35.4. The number of thioether (sulfide) groups is 1. The number of hydrogen-bond acceptors (Lipinski definition) is 9. The monoisotopic (exact) mass is 494 g/mol. The van der Waals surface area contributed by atoms with Crippen molar-refractivity contribution in [3.05, 3.63) is 60.9 Å². The van der Waals surface area contributed by atoms with Crippen LogP contribution in [0, 0.1) is 0 Å². The van der Waals surface area contributed by atoms with Gasteiger partial charge >= 0.3 is 5.97 Å². The SMILES string of the molecule is CCOC(=O)CN(C(=O)CSc1ncnc2c(-c3ccc(OC)cc3)nsc12)c1ccccc1. The smallest absolute Gasteiger partial charge is 0.326 e. The van der Waals surface area contributed by atoms with Gasteiger partial charge in [-0.1, -0.05) is 30.0 Å². The van der Waals surface area contributed by atoms with E-state index in [1.54, 1.807) is 26.2 Å². The Morgan fingerprint density at radius 2 is 1.82 bits per heavy atom. The largest absolute Gasteiger partial charge is 0.497 e. The van der Waals surface area contributed by atoms with Crippen LogP contribution in [0.15, 0.2) is 66.0 Å². The molecule has 0 bridgehead atoms. The molecular weight excluding hydrogens is 472 g/mol. The molecule has 0 radical (unpaired) electrons. The van der Waals surface area contributed by atoms with Crippen LogP contribution in [0.2, 0.25) is 0 Å². The van der Waals surface area contributed by atoms with Crippen molar-refractivity contribution in [1.82, 2.24) is 14.3 Å². The number of ether oxygens (including phenoxy) is 2. The molecule has 0 spiro atoms. The van der Waals surface area contributed by atoms with Crippen LogP contribution in [0.1, 0.15) is 6.92 Å².